The molecule has 1 fully saturated rings. The minimum absolute atomic E-state index is 0.0462. The lowest BCUT2D eigenvalue weighted by atomic mass is 10.0. The van der Waals surface area contributed by atoms with Crippen LogP contribution in [0.5, 0.6) is 0 Å². The lowest BCUT2D eigenvalue weighted by Crippen LogP contribution is -2.44. The maximum atomic E-state index is 11.5. The Balaban J connectivity index is 1.95. The van der Waals surface area contributed by atoms with Gasteiger partial charge in [-0.05, 0) is 17.7 Å². The van der Waals surface area contributed by atoms with E-state index in [4.69, 9.17) is 14.9 Å². The fourth-order valence-electron chi connectivity index (χ4n) is 2.38. The molecule has 3 rings (SSSR count). The van der Waals surface area contributed by atoms with E-state index in [1.807, 2.05) is 12.1 Å². The van der Waals surface area contributed by atoms with Crippen LogP contribution < -0.4 is 16.8 Å². The standard InChI is InChI=1S/C13H17N3O3/c1-16-9-6-8(2-3-10(9)19-13(16)17)12(14)11-7-15-4-5-18-11/h2-3,6,11-12,15H,4-5,7,14H2,1H3. The number of nitrogens with one attached hydrogen (secondary N) is 1. The molecule has 1 aromatic heterocycles. The Morgan fingerprint density at radius 1 is 1.53 bits per heavy atom. The van der Waals surface area contributed by atoms with E-state index in [1.54, 1.807) is 13.1 Å². The van der Waals surface area contributed by atoms with E-state index in [0.717, 1.165) is 24.2 Å². The summed E-state index contributed by atoms with van der Waals surface area (Å²) in [6, 6.07) is 5.33. The molecular weight excluding hydrogens is 246 g/mol. The summed E-state index contributed by atoms with van der Waals surface area (Å²) in [7, 11) is 1.68. The average molecular weight is 263 g/mol. The number of aromatic nitrogens is 1. The van der Waals surface area contributed by atoms with E-state index in [9.17, 15) is 4.79 Å². The van der Waals surface area contributed by atoms with Gasteiger partial charge in [0.15, 0.2) is 5.58 Å². The smallest absolute Gasteiger partial charge is 0.408 e. The Bertz CT molecular complexity index is 640. The molecule has 2 atom stereocenters. The second-order valence-electron chi connectivity index (χ2n) is 4.79. The second-order valence-corrected chi connectivity index (χ2v) is 4.79. The van der Waals surface area contributed by atoms with Crippen LogP contribution >= 0.6 is 0 Å². The van der Waals surface area contributed by atoms with Crippen LogP contribution in [0.2, 0.25) is 0 Å². The Morgan fingerprint density at radius 2 is 2.37 bits per heavy atom. The molecule has 1 aliphatic rings. The first-order chi connectivity index (χ1) is 9.16. The van der Waals surface area contributed by atoms with Crippen molar-refractivity contribution in [3.8, 4) is 0 Å². The van der Waals surface area contributed by atoms with Crippen molar-refractivity contribution in [1.29, 1.82) is 0 Å². The fourth-order valence-corrected chi connectivity index (χ4v) is 2.38. The van der Waals surface area contributed by atoms with Gasteiger partial charge in [0.2, 0.25) is 0 Å². The number of benzene rings is 1. The Hall–Kier alpha value is -1.63. The molecule has 1 saturated heterocycles. The van der Waals surface area contributed by atoms with E-state index in [1.165, 1.54) is 4.57 Å². The fraction of sp³-hybridized carbons (Fsp3) is 0.462. The van der Waals surface area contributed by atoms with Crippen LogP contribution in [0, 0.1) is 0 Å². The van der Waals surface area contributed by atoms with Crippen molar-refractivity contribution in [3.05, 3.63) is 34.3 Å². The number of fused-ring (bicyclic) bond motifs is 1. The van der Waals surface area contributed by atoms with Crippen LogP contribution in [-0.2, 0) is 11.8 Å². The number of rotatable bonds is 2. The van der Waals surface area contributed by atoms with Crippen molar-refractivity contribution in [3.63, 3.8) is 0 Å². The molecule has 2 heterocycles. The molecule has 1 aromatic carbocycles. The summed E-state index contributed by atoms with van der Waals surface area (Å²) in [4.78, 5) is 11.5. The minimum Gasteiger partial charge on any atom is -0.408 e. The summed E-state index contributed by atoms with van der Waals surface area (Å²) in [6.07, 6.45) is -0.0462. The van der Waals surface area contributed by atoms with Gasteiger partial charge in [0.05, 0.1) is 24.3 Å². The molecule has 1 aliphatic heterocycles. The van der Waals surface area contributed by atoms with Crippen LogP contribution in [0.15, 0.2) is 27.4 Å². The summed E-state index contributed by atoms with van der Waals surface area (Å²) < 4.78 is 12.2. The third kappa shape index (κ3) is 2.18. The van der Waals surface area contributed by atoms with Gasteiger partial charge in [0.25, 0.3) is 0 Å². The third-order valence-electron chi connectivity index (χ3n) is 3.56. The lowest BCUT2D eigenvalue weighted by Gasteiger charge is -2.28. The SMILES string of the molecule is Cn1c(=O)oc2ccc(C(N)C3CNCCO3)cc21. The highest BCUT2D eigenvalue weighted by molar-refractivity contribution is 5.73. The molecular formula is C13H17N3O3. The summed E-state index contributed by atoms with van der Waals surface area (Å²) in [5.74, 6) is -0.365. The van der Waals surface area contributed by atoms with Crippen LogP contribution in [-0.4, -0.2) is 30.4 Å². The highest BCUT2D eigenvalue weighted by atomic mass is 16.5. The number of nitrogens with two attached hydrogens (primary N) is 1. The van der Waals surface area contributed by atoms with Crippen molar-refractivity contribution >= 4 is 11.1 Å². The summed E-state index contributed by atoms with van der Waals surface area (Å²) in [5.41, 5.74) is 8.50. The molecule has 6 heteroatoms. The number of hydrogen-bond acceptors (Lipinski definition) is 5. The van der Waals surface area contributed by atoms with Gasteiger partial charge in [-0.2, -0.15) is 0 Å². The predicted molar refractivity (Wildman–Crippen MR) is 71.0 cm³/mol. The lowest BCUT2D eigenvalue weighted by molar-refractivity contribution is 0.0122. The van der Waals surface area contributed by atoms with Crippen molar-refractivity contribution in [2.75, 3.05) is 19.7 Å². The van der Waals surface area contributed by atoms with Gasteiger partial charge < -0.3 is 20.2 Å². The summed E-state index contributed by atoms with van der Waals surface area (Å²) in [6.45, 7) is 2.27. The normalized spacial score (nSPS) is 21.7. The van der Waals surface area contributed by atoms with Gasteiger partial charge in [-0.3, -0.25) is 4.57 Å². The van der Waals surface area contributed by atoms with E-state index in [-0.39, 0.29) is 17.9 Å². The third-order valence-corrected chi connectivity index (χ3v) is 3.56. The van der Waals surface area contributed by atoms with E-state index in [2.05, 4.69) is 5.32 Å². The number of aryl methyl sites for hydroxylation is 1. The molecule has 6 nitrogen and oxygen atoms in total. The maximum absolute atomic E-state index is 11.5. The second kappa shape index (κ2) is 4.80. The number of nitrogens with zero attached hydrogens (tertiary/aromatic N) is 1. The molecule has 0 amide bonds. The summed E-state index contributed by atoms with van der Waals surface area (Å²) in [5, 5.41) is 3.26. The van der Waals surface area contributed by atoms with Gasteiger partial charge >= 0.3 is 5.76 Å². The predicted octanol–water partition coefficient (Wildman–Crippen LogP) is 0.120. The van der Waals surface area contributed by atoms with Gasteiger partial charge in [0.1, 0.15) is 0 Å². The number of hydrogen-bond donors (Lipinski definition) is 2. The van der Waals surface area contributed by atoms with Crippen molar-refractivity contribution in [2.24, 2.45) is 12.8 Å². The van der Waals surface area contributed by atoms with Crippen molar-refractivity contribution in [2.45, 2.75) is 12.1 Å². The van der Waals surface area contributed by atoms with Crippen LogP contribution in [0.3, 0.4) is 0 Å². The molecule has 3 N–H and O–H groups in total. The van der Waals surface area contributed by atoms with E-state index >= 15 is 0 Å². The monoisotopic (exact) mass is 263 g/mol. The van der Waals surface area contributed by atoms with Gasteiger partial charge in [0, 0.05) is 20.1 Å². The molecule has 2 unspecified atom stereocenters. The first-order valence-electron chi connectivity index (χ1n) is 6.34. The molecule has 0 bridgehead atoms. The Labute approximate surface area is 110 Å². The molecule has 0 aliphatic carbocycles. The van der Waals surface area contributed by atoms with Crippen LogP contribution in [0.4, 0.5) is 0 Å². The van der Waals surface area contributed by atoms with Crippen molar-refractivity contribution < 1.29 is 9.15 Å². The van der Waals surface area contributed by atoms with Gasteiger partial charge in [-0.25, -0.2) is 4.79 Å². The van der Waals surface area contributed by atoms with Gasteiger partial charge in [-0.15, -0.1) is 0 Å². The highest BCUT2D eigenvalue weighted by Gasteiger charge is 2.23. The zero-order chi connectivity index (χ0) is 13.4. The Morgan fingerprint density at radius 3 is 3.11 bits per heavy atom. The first kappa shape index (κ1) is 12.4. The van der Waals surface area contributed by atoms with Crippen LogP contribution in [0.25, 0.3) is 11.1 Å². The average Bonchev–Trinajstić information content (AvgIpc) is 2.74. The van der Waals surface area contributed by atoms with Crippen molar-refractivity contribution in [1.82, 2.24) is 9.88 Å². The molecule has 2 aromatic rings. The van der Waals surface area contributed by atoms with E-state index < -0.39 is 0 Å². The molecule has 0 radical (unpaired) electrons. The topological polar surface area (TPSA) is 82.4 Å². The number of morpholine rings is 1. The molecule has 19 heavy (non-hydrogen) atoms. The molecule has 102 valence electrons. The zero-order valence-electron chi connectivity index (χ0n) is 10.8. The first-order valence-corrected chi connectivity index (χ1v) is 6.34. The number of oxazole rings is 1. The quantitative estimate of drug-likeness (QED) is 0.804. The largest absolute Gasteiger partial charge is 0.419 e. The molecule has 0 spiro atoms. The highest BCUT2D eigenvalue weighted by Crippen LogP contribution is 2.22. The molecule has 0 saturated carbocycles. The Kier molecular flexibility index (Phi) is 3.14. The summed E-state index contributed by atoms with van der Waals surface area (Å²) >= 11 is 0. The van der Waals surface area contributed by atoms with Gasteiger partial charge in [-0.1, -0.05) is 6.07 Å². The number of ether oxygens (including phenoxy) is 1. The van der Waals surface area contributed by atoms with Crippen LogP contribution in [0.1, 0.15) is 11.6 Å². The minimum atomic E-state index is -0.365. The zero-order valence-corrected chi connectivity index (χ0v) is 10.8. The maximum Gasteiger partial charge on any atom is 0.419 e. The van der Waals surface area contributed by atoms with E-state index in [0.29, 0.717) is 12.2 Å².